The Kier molecular flexibility index (Phi) is 3.83. The maximum atomic E-state index is 9.00. The lowest BCUT2D eigenvalue weighted by atomic mass is 10.1. The number of hydrogen-bond donors (Lipinski definition) is 3. The van der Waals surface area contributed by atoms with Crippen LogP contribution in [0.1, 0.15) is 19.8 Å². The Bertz CT molecular complexity index is 100. The maximum Gasteiger partial charge on any atom is 0.0636 e. The number of aliphatic hydroxyl groups is 1. The average molecular weight is 158 g/mol. The van der Waals surface area contributed by atoms with E-state index in [1.54, 1.807) is 0 Å². The van der Waals surface area contributed by atoms with Gasteiger partial charge in [-0.3, -0.25) is 0 Å². The summed E-state index contributed by atoms with van der Waals surface area (Å²) in [4.78, 5) is 0. The Morgan fingerprint density at radius 2 is 2.55 bits per heavy atom. The van der Waals surface area contributed by atoms with Crippen LogP contribution in [0.15, 0.2) is 0 Å². The van der Waals surface area contributed by atoms with Crippen molar-refractivity contribution in [3.63, 3.8) is 0 Å². The predicted molar refractivity (Wildman–Crippen MR) is 45.6 cm³/mol. The van der Waals surface area contributed by atoms with E-state index in [1.807, 2.05) is 6.92 Å². The molecule has 1 heterocycles. The summed E-state index contributed by atoms with van der Waals surface area (Å²) in [6, 6.07) is 0.568. The van der Waals surface area contributed by atoms with E-state index < -0.39 is 0 Å². The third-order valence-corrected chi connectivity index (χ3v) is 2.00. The van der Waals surface area contributed by atoms with Gasteiger partial charge in [0.1, 0.15) is 0 Å². The van der Waals surface area contributed by atoms with Gasteiger partial charge < -0.3 is 15.7 Å². The van der Waals surface area contributed by atoms with E-state index >= 15 is 0 Å². The first-order valence-electron chi connectivity index (χ1n) is 4.41. The number of piperidine rings is 1. The van der Waals surface area contributed by atoms with Gasteiger partial charge in [-0.25, -0.2) is 0 Å². The monoisotopic (exact) mass is 158 g/mol. The summed E-state index contributed by atoms with van der Waals surface area (Å²) in [7, 11) is 0. The van der Waals surface area contributed by atoms with Crippen LogP contribution in [0.3, 0.4) is 0 Å². The summed E-state index contributed by atoms with van der Waals surface area (Å²) in [5.74, 6) is 0. The fraction of sp³-hybridized carbons (Fsp3) is 1.00. The molecule has 3 nitrogen and oxygen atoms in total. The van der Waals surface area contributed by atoms with Crippen LogP contribution >= 0.6 is 0 Å². The third-order valence-electron chi connectivity index (χ3n) is 2.00. The lowest BCUT2D eigenvalue weighted by molar-refractivity contribution is 0.182. The number of nitrogens with one attached hydrogen (secondary N) is 2. The van der Waals surface area contributed by atoms with Crippen LogP contribution in [0.2, 0.25) is 0 Å². The van der Waals surface area contributed by atoms with Gasteiger partial charge >= 0.3 is 0 Å². The number of rotatable bonds is 3. The molecule has 0 bridgehead atoms. The van der Waals surface area contributed by atoms with Crippen molar-refractivity contribution in [2.45, 2.75) is 31.9 Å². The average Bonchev–Trinajstić information content (AvgIpc) is 2.03. The molecule has 0 aliphatic carbocycles. The van der Waals surface area contributed by atoms with Gasteiger partial charge in [-0.2, -0.15) is 0 Å². The number of aliphatic hydroxyl groups excluding tert-OH is 1. The van der Waals surface area contributed by atoms with Gasteiger partial charge in [0.25, 0.3) is 0 Å². The van der Waals surface area contributed by atoms with E-state index in [0.29, 0.717) is 12.6 Å². The summed E-state index contributed by atoms with van der Waals surface area (Å²) < 4.78 is 0. The van der Waals surface area contributed by atoms with Gasteiger partial charge in [-0.15, -0.1) is 0 Å². The highest BCUT2D eigenvalue weighted by molar-refractivity contribution is 4.75. The highest BCUT2D eigenvalue weighted by Gasteiger charge is 2.11. The Morgan fingerprint density at radius 1 is 1.73 bits per heavy atom. The molecule has 1 fully saturated rings. The molecule has 0 aromatic heterocycles. The normalized spacial score (nSPS) is 28.4. The highest BCUT2D eigenvalue weighted by Crippen LogP contribution is 2.00. The molecule has 1 unspecified atom stereocenters. The van der Waals surface area contributed by atoms with E-state index in [9.17, 15) is 0 Å². The quantitative estimate of drug-likeness (QED) is 0.529. The van der Waals surface area contributed by atoms with Crippen LogP contribution in [0.4, 0.5) is 0 Å². The molecule has 1 aliphatic heterocycles. The minimum absolute atomic E-state index is 0.225. The molecule has 3 N–H and O–H groups in total. The van der Waals surface area contributed by atoms with Crippen molar-refractivity contribution in [2.75, 3.05) is 19.6 Å². The summed E-state index contributed by atoms with van der Waals surface area (Å²) in [5, 5.41) is 15.6. The zero-order valence-corrected chi connectivity index (χ0v) is 7.14. The van der Waals surface area contributed by atoms with Gasteiger partial charge in [0.15, 0.2) is 0 Å². The van der Waals surface area contributed by atoms with Crippen molar-refractivity contribution in [1.29, 1.82) is 0 Å². The second-order valence-corrected chi connectivity index (χ2v) is 3.30. The third kappa shape index (κ3) is 3.70. The fourth-order valence-electron chi connectivity index (χ4n) is 1.36. The van der Waals surface area contributed by atoms with Gasteiger partial charge in [0, 0.05) is 19.1 Å². The lowest BCUT2D eigenvalue weighted by Gasteiger charge is -2.24. The molecule has 0 aromatic carbocycles. The molecule has 0 aromatic rings. The molecule has 0 radical (unpaired) electrons. The van der Waals surface area contributed by atoms with Crippen molar-refractivity contribution < 1.29 is 5.11 Å². The Balaban J connectivity index is 2.05. The summed E-state index contributed by atoms with van der Waals surface area (Å²) in [6.45, 7) is 4.72. The second-order valence-electron chi connectivity index (χ2n) is 3.30. The van der Waals surface area contributed by atoms with E-state index in [0.717, 1.165) is 13.1 Å². The Hall–Kier alpha value is -0.120. The van der Waals surface area contributed by atoms with Crippen LogP contribution in [-0.2, 0) is 0 Å². The zero-order chi connectivity index (χ0) is 8.10. The molecule has 0 amide bonds. The molecule has 0 spiro atoms. The smallest absolute Gasteiger partial charge is 0.0636 e. The fourth-order valence-corrected chi connectivity index (χ4v) is 1.36. The summed E-state index contributed by atoms with van der Waals surface area (Å²) in [6.07, 6.45) is 2.26. The van der Waals surface area contributed by atoms with E-state index in [-0.39, 0.29) is 6.10 Å². The van der Waals surface area contributed by atoms with E-state index in [2.05, 4.69) is 10.6 Å². The topological polar surface area (TPSA) is 44.3 Å². The minimum atomic E-state index is -0.225. The summed E-state index contributed by atoms with van der Waals surface area (Å²) >= 11 is 0. The van der Waals surface area contributed by atoms with Crippen molar-refractivity contribution in [3.05, 3.63) is 0 Å². The Morgan fingerprint density at radius 3 is 3.09 bits per heavy atom. The van der Waals surface area contributed by atoms with Crippen molar-refractivity contribution in [3.8, 4) is 0 Å². The SMILES string of the molecule is C[C@@H](O)CNC1CCCNC1. The maximum absolute atomic E-state index is 9.00. The molecular formula is C8H18N2O. The van der Waals surface area contributed by atoms with Crippen LogP contribution < -0.4 is 10.6 Å². The van der Waals surface area contributed by atoms with Crippen LogP contribution in [-0.4, -0.2) is 36.9 Å². The lowest BCUT2D eigenvalue weighted by Crippen LogP contribution is -2.45. The number of hydrogen-bond acceptors (Lipinski definition) is 3. The molecular weight excluding hydrogens is 140 g/mol. The molecule has 1 rings (SSSR count). The van der Waals surface area contributed by atoms with Crippen molar-refractivity contribution in [2.24, 2.45) is 0 Å². The van der Waals surface area contributed by atoms with Crippen LogP contribution in [0.5, 0.6) is 0 Å². The van der Waals surface area contributed by atoms with E-state index in [4.69, 9.17) is 5.11 Å². The molecule has 0 saturated carbocycles. The Labute approximate surface area is 68.2 Å². The van der Waals surface area contributed by atoms with Gasteiger partial charge in [-0.1, -0.05) is 0 Å². The largest absolute Gasteiger partial charge is 0.392 e. The van der Waals surface area contributed by atoms with Crippen LogP contribution in [0, 0.1) is 0 Å². The minimum Gasteiger partial charge on any atom is -0.392 e. The summed E-state index contributed by atoms with van der Waals surface area (Å²) in [5.41, 5.74) is 0. The van der Waals surface area contributed by atoms with Crippen LogP contribution in [0.25, 0.3) is 0 Å². The van der Waals surface area contributed by atoms with Crippen molar-refractivity contribution in [1.82, 2.24) is 10.6 Å². The molecule has 2 atom stereocenters. The van der Waals surface area contributed by atoms with Crippen molar-refractivity contribution >= 4 is 0 Å². The van der Waals surface area contributed by atoms with Gasteiger partial charge in [-0.05, 0) is 26.3 Å². The predicted octanol–water partition coefficient (Wildman–Crippen LogP) is -0.291. The van der Waals surface area contributed by atoms with E-state index in [1.165, 1.54) is 12.8 Å². The first kappa shape index (κ1) is 8.97. The van der Waals surface area contributed by atoms with Gasteiger partial charge in [0.05, 0.1) is 6.10 Å². The molecule has 1 aliphatic rings. The highest BCUT2D eigenvalue weighted by atomic mass is 16.3. The molecule has 66 valence electrons. The standard InChI is InChI=1S/C8H18N2O/c1-7(11)5-10-8-3-2-4-9-6-8/h7-11H,2-6H2,1H3/t7-,8?/m1/s1. The first-order chi connectivity index (χ1) is 5.29. The zero-order valence-electron chi connectivity index (χ0n) is 7.14. The molecule has 1 saturated heterocycles. The molecule has 3 heteroatoms. The second kappa shape index (κ2) is 4.70. The van der Waals surface area contributed by atoms with Gasteiger partial charge in [0.2, 0.25) is 0 Å². The molecule has 11 heavy (non-hydrogen) atoms. The first-order valence-corrected chi connectivity index (χ1v) is 4.41.